The highest BCUT2D eigenvalue weighted by molar-refractivity contribution is 7.08. The van der Waals surface area contributed by atoms with Gasteiger partial charge in [-0.05, 0) is 53.8 Å². The van der Waals surface area contributed by atoms with E-state index >= 15 is 0 Å². The third-order valence-corrected chi connectivity index (χ3v) is 5.17. The molecule has 0 aliphatic carbocycles. The molecule has 1 amide bonds. The molecule has 1 saturated heterocycles. The molecule has 1 fully saturated rings. The monoisotopic (exact) mass is 412 g/mol. The fraction of sp³-hybridized carbons (Fsp3) is 0.316. The minimum atomic E-state index is -0.612. The molecule has 0 atom stereocenters. The van der Waals surface area contributed by atoms with Crippen LogP contribution in [0.4, 0.5) is 11.4 Å². The molecule has 1 aliphatic heterocycles. The third-order valence-electron chi connectivity index (χ3n) is 4.49. The summed E-state index contributed by atoms with van der Waals surface area (Å²) >= 11 is 1.52. The average molecular weight is 412 g/mol. The van der Waals surface area contributed by atoms with Gasteiger partial charge in [0.15, 0.2) is 13.2 Å². The maximum absolute atomic E-state index is 12.0. The summed E-state index contributed by atoms with van der Waals surface area (Å²) in [5.41, 5.74) is 2.64. The molecule has 4 rings (SSSR count). The van der Waals surface area contributed by atoms with Gasteiger partial charge in [0.1, 0.15) is 0 Å². The van der Waals surface area contributed by atoms with E-state index < -0.39 is 11.9 Å². The Balaban J connectivity index is 1.22. The van der Waals surface area contributed by atoms with Crippen LogP contribution in [-0.4, -0.2) is 51.8 Å². The van der Waals surface area contributed by atoms with E-state index in [0.717, 1.165) is 29.1 Å². The summed E-state index contributed by atoms with van der Waals surface area (Å²) in [5, 5.41) is 18.4. The molecule has 1 aromatic carbocycles. The van der Waals surface area contributed by atoms with Crippen molar-refractivity contribution in [2.24, 2.45) is 0 Å². The Morgan fingerprint density at radius 2 is 1.93 bits per heavy atom. The maximum Gasteiger partial charge on any atom is 0.330 e. The number of carbonyl (C=O) groups is 2. The SMILES string of the molecule is O=C(COC(=O)Cn1nnc(-c2ccsc2)n1)Nc1ccc(N2CCCC2)cc1. The molecule has 10 heteroatoms. The molecule has 3 heterocycles. The van der Waals surface area contributed by atoms with Crippen LogP contribution in [0.1, 0.15) is 12.8 Å². The molecular weight excluding hydrogens is 392 g/mol. The van der Waals surface area contributed by atoms with E-state index in [2.05, 4.69) is 25.6 Å². The largest absolute Gasteiger partial charge is 0.454 e. The van der Waals surface area contributed by atoms with E-state index in [1.165, 1.54) is 24.2 Å². The number of aromatic nitrogens is 4. The summed E-state index contributed by atoms with van der Waals surface area (Å²) in [6.07, 6.45) is 2.42. The zero-order chi connectivity index (χ0) is 20.1. The number of benzene rings is 1. The highest BCUT2D eigenvalue weighted by Gasteiger charge is 2.14. The summed E-state index contributed by atoms with van der Waals surface area (Å²) in [6, 6.07) is 9.52. The first-order valence-corrected chi connectivity index (χ1v) is 10.2. The number of amides is 1. The van der Waals surface area contributed by atoms with Crippen LogP contribution in [0.25, 0.3) is 11.4 Å². The van der Waals surface area contributed by atoms with Crippen molar-refractivity contribution in [2.45, 2.75) is 19.4 Å². The number of nitrogens with zero attached hydrogens (tertiary/aromatic N) is 5. The van der Waals surface area contributed by atoms with E-state index in [4.69, 9.17) is 4.74 Å². The van der Waals surface area contributed by atoms with Crippen LogP contribution in [0, 0.1) is 0 Å². The molecule has 9 nitrogen and oxygen atoms in total. The van der Waals surface area contributed by atoms with Gasteiger partial charge in [0.25, 0.3) is 5.91 Å². The van der Waals surface area contributed by atoms with Crippen molar-refractivity contribution in [3.8, 4) is 11.4 Å². The summed E-state index contributed by atoms with van der Waals surface area (Å²) in [5.74, 6) is -0.578. The third kappa shape index (κ3) is 4.96. The van der Waals surface area contributed by atoms with Crippen molar-refractivity contribution in [1.82, 2.24) is 20.2 Å². The predicted molar refractivity (Wildman–Crippen MR) is 109 cm³/mol. The second kappa shape index (κ2) is 8.82. The number of hydrogen-bond acceptors (Lipinski definition) is 8. The van der Waals surface area contributed by atoms with Crippen molar-refractivity contribution in [3.05, 3.63) is 41.1 Å². The van der Waals surface area contributed by atoms with Crippen molar-refractivity contribution < 1.29 is 14.3 Å². The highest BCUT2D eigenvalue weighted by atomic mass is 32.1. The van der Waals surface area contributed by atoms with Gasteiger partial charge in [0, 0.05) is 35.4 Å². The van der Waals surface area contributed by atoms with Gasteiger partial charge in [-0.3, -0.25) is 4.79 Å². The molecule has 29 heavy (non-hydrogen) atoms. The van der Waals surface area contributed by atoms with E-state index in [9.17, 15) is 9.59 Å². The molecule has 0 radical (unpaired) electrons. The zero-order valence-electron chi connectivity index (χ0n) is 15.7. The smallest absolute Gasteiger partial charge is 0.330 e. The Morgan fingerprint density at radius 1 is 1.14 bits per heavy atom. The normalized spacial score (nSPS) is 13.4. The highest BCUT2D eigenvalue weighted by Crippen LogP contribution is 2.22. The molecule has 0 saturated carbocycles. The molecule has 0 spiro atoms. The average Bonchev–Trinajstić information content (AvgIpc) is 3.48. The van der Waals surface area contributed by atoms with Gasteiger partial charge in [0.2, 0.25) is 5.82 Å². The minimum absolute atomic E-state index is 0.213. The first-order chi connectivity index (χ1) is 14.2. The number of ether oxygens (including phenoxy) is 1. The number of esters is 1. The Hall–Kier alpha value is -3.27. The van der Waals surface area contributed by atoms with Gasteiger partial charge in [-0.1, -0.05) is 0 Å². The quantitative estimate of drug-likeness (QED) is 0.594. The predicted octanol–water partition coefficient (Wildman–Crippen LogP) is 2.18. The minimum Gasteiger partial charge on any atom is -0.454 e. The second-order valence-electron chi connectivity index (χ2n) is 6.61. The number of carbonyl (C=O) groups excluding carboxylic acids is 2. The van der Waals surface area contributed by atoms with Crippen LogP contribution in [0.15, 0.2) is 41.1 Å². The van der Waals surface area contributed by atoms with Crippen LogP contribution in [0.2, 0.25) is 0 Å². The molecule has 2 aromatic heterocycles. The van der Waals surface area contributed by atoms with Gasteiger partial charge in [-0.15, -0.1) is 10.2 Å². The lowest BCUT2D eigenvalue weighted by Gasteiger charge is -2.17. The van der Waals surface area contributed by atoms with Gasteiger partial charge in [-0.2, -0.15) is 16.1 Å². The van der Waals surface area contributed by atoms with Gasteiger partial charge in [-0.25, -0.2) is 4.79 Å². The number of thiophene rings is 1. The standard InChI is InChI=1S/C19H20N6O3S/c26-17(20-15-3-5-16(6-4-15)24-8-1-2-9-24)12-28-18(27)11-25-22-19(21-23-25)14-7-10-29-13-14/h3-7,10,13H,1-2,8-9,11-12H2,(H,20,26). The van der Waals surface area contributed by atoms with E-state index in [1.807, 2.05) is 41.1 Å². The Labute approximate surface area is 171 Å². The molecule has 0 bridgehead atoms. The number of nitrogens with one attached hydrogen (secondary N) is 1. The van der Waals surface area contributed by atoms with Gasteiger partial charge >= 0.3 is 5.97 Å². The number of rotatable bonds is 7. The first kappa shape index (κ1) is 19.1. The fourth-order valence-corrected chi connectivity index (χ4v) is 3.69. The van der Waals surface area contributed by atoms with E-state index in [1.54, 1.807) is 0 Å². The van der Waals surface area contributed by atoms with E-state index in [-0.39, 0.29) is 13.2 Å². The number of anilines is 2. The van der Waals surface area contributed by atoms with Crippen molar-refractivity contribution >= 4 is 34.6 Å². The summed E-state index contributed by atoms with van der Waals surface area (Å²) < 4.78 is 5.00. The van der Waals surface area contributed by atoms with Crippen molar-refractivity contribution in [1.29, 1.82) is 0 Å². The van der Waals surface area contributed by atoms with Gasteiger partial charge in [0.05, 0.1) is 0 Å². The topological polar surface area (TPSA) is 102 Å². The summed E-state index contributed by atoms with van der Waals surface area (Å²) in [4.78, 5) is 27.4. The first-order valence-electron chi connectivity index (χ1n) is 9.28. The lowest BCUT2D eigenvalue weighted by atomic mass is 10.2. The molecule has 1 N–H and O–H groups in total. The molecular formula is C19H20N6O3S. The van der Waals surface area contributed by atoms with Crippen LogP contribution in [0.5, 0.6) is 0 Å². The zero-order valence-corrected chi connectivity index (χ0v) is 16.5. The lowest BCUT2D eigenvalue weighted by molar-refractivity contribution is -0.148. The van der Waals surface area contributed by atoms with Crippen LogP contribution < -0.4 is 10.2 Å². The Morgan fingerprint density at radius 3 is 2.66 bits per heavy atom. The molecule has 3 aromatic rings. The van der Waals surface area contributed by atoms with Crippen molar-refractivity contribution in [2.75, 3.05) is 29.9 Å². The van der Waals surface area contributed by atoms with Crippen LogP contribution >= 0.6 is 11.3 Å². The number of hydrogen-bond donors (Lipinski definition) is 1. The Kier molecular flexibility index (Phi) is 5.80. The Bertz CT molecular complexity index is 964. The molecule has 0 unspecified atom stereocenters. The maximum atomic E-state index is 12.0. The van der Waals surface area contributed by atoms with Crippen LogP contribution in [0.3, 0.4) is 0 Å². The number of tetrazole rings is 1. The fourth-order valence-electron chi connectivity index (χ4n) is 3.05. The second-order valence-corrected chi connectivity index (χ2v) is 7.39. The molecule has 150 valence electrons. The van der Waals surface area contributed by atoms with Crippen LogP contribution in [-0.2, 0) is 20.9 Å². The lowest BCUT2D eigenvalue weighted by Crippen LogP contribution is -2.23. The van der Waals surface area contributed by atoms with E-state index in [0.29, 0.717) is 11.5 Å². The van der Waals surface area contributed by atoms with Gasteiger partial charge < -0.3 is 15.0 Å². The summed E-state index contributed by atoms with van der Waals surface area (Å²) in [7, 11) is 0. The van der Waals surface area contributed by atoms with Crippen molar-refractivity contribution in [3.63, 3.8) is 0 Å². The molecule has 1 aliphatic rings. The summed E-state index contributed by atoms with van der Waals surface area (Å²) in [6.45, 7) is 1.54.